The fourth-order valence-electron chi connectivity index (χ4n) is 2.18. The van der Waals surface area contributed by atoms with E-state index in [1.54, 1.807) is 43.3 Å². The summed E-state index contributed by atoms with van der Waals surface area (Å²) in [7, 11) is 0. The molecule has 4 N–H and O–H groups in total. The molecular formula is C17H14N6OS. The van der Waals surface area contributed by atoms with E-state index < -0.39 is 0 Å². The second-order valence-electron chi connectivity index (χ2n) is 5.22. The van der Waals surface area contributed by atoms with Crippen LogP contribution >= 0.6 is 11.5 Å². The summed E-state index contributed by atoms with van der Waals surface area (Å²) in [4.78, 5) is 16.8. The maximum absolute atomic E-state index is 12.6. The molecule has 0 radical (unpaired) electrons. The number of hydrogen-bond donors (Lipinski definition) is 3. The van der Waals surface area contributed by atoms with Crippen molar-refractivity contribution in [3.05, 3.63) is 59.4 Å². The molecule has 0 aliphatic heterocycles. The number of nitriles is 1. The highest BCUT2D eigenvalue weighted by molar-refractivity contribution is 7.10. The lowest BCUT2D eigenvalue weighted by Crippen LogP contribution is -2.14. The van der Waals surface area contributed by atoms with Crippen molar-refractivity contribution in [3.8, 4) is 6.07 Å². The van der Waals surface area contributed by atoms with Crippen LogP contribution in [0.15, 0.2) is 42.6 Å². The maximum atomic E-state index is 12.6. The van der Waals surface area contributed by atoms with E-state index in [1.165, 1.54) is 17.7 Å². The highest BCUT2D eigenvalue weighted by Crippen LogP contribution is 2.28. The number of nitrogens with zero attached hydrogens (tertiary/aromatic N) is 3. The van der Waals surface area contributed by atoms with Crippen LogP contribution < -0.4 is 16.4 Å². The van der Waals surface area contributed by atoms with Crippen LogP contribution in [0, 0.1) is 18.3 Å². The van der Waals surface area contributed by atoms with Crippen LogP contribution in [0.4, 0.5) is 22.2 Å². The van der Waals surface area contributed by atoms with Crippen molar-refractivity contribution in [2.45, 2.75) is 6.92 Å². The summed E-state index contributed by atoms with van der Waals surface area (Å²) in [5.74, 6) is 0.244. The zero-order valence-corrected chi connectivity index (χ0v) is 14.1. The van der Waals surface area contributed by atoms with Gasteiger partial charge in [-0.05, 0) is 48.8 Å². The summed E-state index contributed by atoms with van der Waals surface area (Å²) in [6.45, 7) is 1.77. The molecular weight excluding hydrogens is 336 g/mol. The molecule has 0 spiro atoms. The Morgan fingerprint density at radius 1 is 1.32 bits per heavy atom. The third-order valence-electron chi connectivity index (χ3n) is 3.37. The van der Waals surface area contributed by atoms with E-state index in [-0.39, 0.29) is 5.91 Å². The van der Waals surface area contributed by atoms with Gasteiger partial charge in [0.2, 0.25) is 0 Å². The summed E-state index contributed by atoms with van der Waals surface area (Å²) >= 11 is 1.17. The second-order valence-corrected chi connectivity index (χ2v) is 5.99. The Morgan fingerprint density at radius 3 is 2.84 bits per heavy atom. The summed E-state index contributed by atoms with van der Waals surface area (Å²) in [6.07, 6.45) is 1.46. The average molecular weight is 350 g/mol. The van der Waals surface area contributed by atoms with Crippen LogP contribution in [0.2, 0.25) is 0 Å². The first-order valence-electron chi connectivity index (χ1n) is 7.33. The Hall–Kier alpha value is -3.44. The number of amides is 1. The number of anilines is 4. The van der Waals surface area contributed by atoms with Crippen LogP contribution in [-0.4, -0.2) is 15.3 Å². The number of nitrogens with one attached hydrogen (secondary N) is 2. The fourth-order valence-corrected chi connectivity index (χ4v) is 2.98. The highest BCUT2D eigenvalue weighted by atomic mass is 32.1. The molecule has 1 aromatic carbocycles. The monoisotopic (exact) mass is 350 g/mol. The van der Waals surface area contributed by atoms with Gasteiger partial charge in [-0.3, -0.25) is 4.79 Å². The van der Waals surface area contributed by atoms with Gasteiger partial charge in [-0.1, -0.05) is 6.07 Å². The van der Waals surface area contributed by atoms with Crippen LogP contribution in [0.5, 0.6) is 0 Å². The van der Waals surface area contributed by atoms with Crippen molar-refractivity contribution in [2.75, 3.05) is 16.4 Å². The Kier molecular flexibility index (Phi) is 4.59. The van der Waals surface area contributed by atoms with Gasteiger partial charge in [-0.2, -0.15) is 9.64 Å². The number of hydrogen-bond acceptors (Lipinski definition) is 7. The molecule has 8 heteroatoms. The molecule has 124 valence electrons. The van der Waals surface area contributed by atoms with Gasteiger partial charge in [-0.25, -0.2) is 4.98 Å². The fraction of sp³-hybridized carbons (Fsp3) is 0.0588. The second kappa shape index (κ2) is 6.98. The first kappa shape index (κ1) is 16.4. The van der Waals surface area contributed by atoms with E-state index in [9.17, 15) is 4.79 Å². The smallest absolute Gasteiger partial charge is 0.260 e. The molecule has 2 heterocycles. The van der Waals surface area contributed by atoms with Crippen LogP contribution in [-0.2, 0) is 0 Å². The molecule has 0 atom stereocenters. The van der Waals surface area contributed by atoms with Crippen molar-refractivity contribution < 1.29 is 4.79 Å². The predicted octanol–water partition coefficient (Wildman–Crippen LogP) is 3.30. The van der Waals surface area contributed by atoms with Gasteiger partial charge in [0, 0.05) is 17.6 Å². The minimum Gasteiger partial charge on any atom is -0.399 e. The number of nitrogens with two attached hydrogens (primary N) is 1. The van der Waals surface area contributed by atoms with Gasteiger partial charge < -0.3 is 16.4 Å². The lowest BCUT2D eigenvalue weighted by atomic mass is 10.2. The summed E-state index contributed by atoms with van der Waals surface area (Å²) in [5.41, 5.74) is 8.43. The van der Waals surface area contributed by atoms with Crippen molar-refractivity contribution in [2.24, 2.45) is 0 Å². The zero-order chi connectivity index (χ0) is 17.8. The largest absolute Gasteiger partial charge is 0.399 e. The lowest BCUT2D eigenvalue weighted by Gasteiger charge is -2.08. The molecule has 3 aromatic rings. The lowest BCUT2D eigenvalue weighted by molar-refractivity contribution is 0.102. The van der Waals surface area contributed by atoms with Gasteiger partial charge in [0.15, 0.2) is 0 Å². The number of pyridine rings is 1. The molecule has 0 saturated heterocycles. The van der Waals surface area contributed by atoms with E-state index in [0.717, 1.165) is 0 Å². The van der Waals surface area contributed by atoms with Gasteiger partial charge in [0.1, 0.15) is 16.9 Å². The van der Waals surface area contributed by atoms with E-state index >= 15 is 0 Å². The number of aryl methyl sites for hydroxylation is 1. The standard InChI is InChI=1S/C17H14N6OS/c1-10-15(16(24)21-13-4-2-3-12(19)7-13)17(25-23-10)22-14-6-5-11(8-18)9-20-14/h2-7,9H,19H2,1H3,(H,20,22)(H,21,24). The van der Waals surface area contributed by atoms with Crippen LogP contribution in [0.25, 0.3) is 0 Å². The molecule has 0 unspecified atom stereocenters. The zero-order valence-electron chi connectivity index (χ0n) is 13.3. The summed E-state index contributed by atoms with van der Waals surface area (Å²) < 4.78 is 4.24. The molecule has 2 aromatic heterocycles. The molecule has 3 rings (SSSR count). The molecule has 25 heavy (non-hydrogen) atoms. The van der Waals surface area contributed by atoms with Gasteiger partial charge >= 0.3 is 0 Å². The quantitative estimate of drug-likeness (QED) is 0.622. The Bertz CT molecular complexity index is 958. The number of carbonyl (C=O) groups is 1. The number of carbonyl (C=O) groups excluding carboxylic acids is 1. The Labute approximate surface area is 148 Å². The summed E-state index contributed by atoms with van der Waals surface area (Å²) in [5, 5.41) is 15.3. The maximum Gasteiger partial charge on any atom is 0.260 e. The van der Waals surface area contributed by atoms with E-state index in [1.807, 2.05) is 6.07 Å². The topological polar surface area (TPSA) is 117 Å². The normalized spacial score (nSPS) is 10.1. The van der Waals surface area contributed by atoms with Crippen molar-refractivity contribution in [1.29, 1.82) is 5.26 Å². The molecule has 0 aliphatic carbocycles. The predicted molar refractivity (Wildman–Crippen MR) is 97.9 cm³/mol. The van der Waals surface area contributed by atoms with Crippen LogP contribution in [0.1, 0.15) is 21.6 Å². The van der Waals surface area contributed by atoms with Gasteiger partial charge in [-0.15, -0.1) is 0 Å². The molecule has 0 fully saturated rings. The van der Waals surface area contributed by atoms with Crippen LogP contribution in [0.3, 0.4) is 0 Å². The van der Waals surface area contributed by atoms with Crippen molar-refractivity contribution >= 4 is 39.6 Å². The van der Waals surface area contributed by atoms with Crippen molar-refractivity contribution in [1.82, 2.24) is 9.36 Å². The first-order chi connectivity index (χ1) is 12.1. The molecule has 7 nitrogen and oxygen atoms in total. The van der Waals surface area contributed by atoms with Crippen molar-refractivity contribution in [3.63, 3.8) is 0 Å². The molecule has 0 aliphatic rings. The summed E-state index contributed by atoms with van der Waals surface area (Å²) in [6, 6.07) is 12.3. The third-order valence-corrected chi connectivity index (χ3v) is 4.22. The number of nitrogen functional groups attached to an aromatic ring is 1. The van der Waals surface area contributed by atoms with Gasteiger partial charge in [0.25, 0.3) is 5.91 Å². The Morgan fingerprint density at radius 2 is 2.16 bits per heavy atom. The Balaban J connectivity index is 1.83. The SMILES string of the molecule is Cc1nsc(Nc2ccc(C#N)cn2)c1C(=O)Nc1cccc(N)c1. The van der Waals surface area contributed by atoms with E-state index in [0.29, 0.717) is 39.0 Å². The third kappa shape index (κ3) is 3.73. The number of benzene rings is 1. The molecule has 1 amide bonds. The molecule has 0 bridgehead atoms. The molecule has 0 saturated carbocycles. The minimum atomic E-state index is -0.284. The minimum absolute atomic E-state index is 0.284. The number of aromatic nitrogens is 2. The van der Waals surface area contributed by atoms with E-state index in [2.05, 4.69) is 20.0 Å². The average Bonchev–Trinajstić information content (AvgIpc) is 2.96. The number of rotatable bonds is 4. The van der Waals surface area contributed by atoms with E-state index in [4.69, 9.17) is 11.0 Å². The van der Waals surface area contributed by atoms with Gasteiger partial charge in [0.05, 0.1) is 16.8 Å². The first-order valence-corrected chi connectivity index (χ1v) is 8.10. The highest BCUT2D eigenvalue weighted by Gasteiger charge is 2.19.